The number of hydrogen-bond donors (Lipinski definition) is 1. The highest BCUT2D eigenvalue weighted by molar-refractivity contribution is 6.35. The van der Waals surface area contributed by atoms with Gasteiger partial charge in [-0.3, -0.25) is 4.99 Å². The number of benzene rings is 1. The minimum absolute atomic E-state index is 0.129. The number of nitrogens with one attached hydrogen (secondary N) is 1. The first-order valence-corrected chi connectivity index (χ1v) is 7.35. The third kappa shape index (κ3) is 4.20. The van der Waals surface area contributed by atoms with Crippen molar-refractivity contribution in [1.29, 1.82) is 0 Å². The molecule has 0 heterocycles. The summed E-state index contributed by atoms with van der Waals surface area (Å²) in [4.78, 5) is 4.68. The van der Waals surface area contributed by atoms with Crippen LogP contribution >= 0.6 is 23.2 Å². The molecule has 1 N–H and O–H groups in total. The van der Waals surface area contributed by atoms with E-state index in [0.29, 0.717) is 22.6 Å². The van der Waals surface area contributed by atoms with Crippen LogP contribution in [-0.4, -0.2) is 17.3 Å². The molecule has 1 aromatic carbocycles. The Morgan fingerprint density at radius 1 is 1.32 bits per heavy atom. The van der Waals surface area contributed by atoms with Gasteiger partial charge in [-0.2, -0.15) is 0 Å². The van der Waals surface area contributed by atoms with Crippen LogP contribution in [0.2, 0.25) is 10.0 Å². The third-order valence-electron chi connectivity index (χ3n) is 3.17. The predicted molar refractivity (Wildman–Crippen MR) is 83.5 cm³/mol. The van der Waals surface area contributed by atoms with Crippen LogP contribution in [-0.2, 0) is 6.54 Å². The largest absolute Gasteiger partial charge is 0.304 e. The number of hydrogen-bond acceptors (Lipinski definition) is 2. The lowest BCUT2D eigenvalue weighted by Gasteiger charge is -2.35. The van der Waals surface area contributed by atoms with Crippen molar-refractivity contribution in [2.24, 2.45) is 4.99 Å². The molecule has 1 aliphatic rings. The zero-order valence-electron chi connectivity index (χ0n) is 11.6. The quantitative estimate of drug-likeness (QED) is 0.874. The number of aliphatic imine (C=N–C) groups is 1. The first-order chi connectivity index (χ1) is 8.85. The summed E-state index contributed by atoms with van der Waals surface area (Å²) in [6.07, 6.45) is 2.25. The maximum atomic E-state index is 6.15. The Labute approximate surface area is 125 Å². The van der Waals surface area contributed by atoms with Gasteiger partial charge in [-0.25, -0.2) is 0 Å². The molecule has 1 aromatic rings. The second kappa shape index (κ2) is 5.82. The summed E-state index contributed by atoms with van der Waals surface area (Å²) in [5.74, 6) is 0. The van der Waals surface area contributed by atoms with Gasteiger partial charge in [0.2, 0.25) is 0 Å². The van der Waals surface area contributed by atoms with Crippen LogP contribution in [0.25, 0.3) is 0 Å². The number of nitrogens with zero attached hydrogens (tertiary/aromatic N) is 1. The standard InChI is InChI=1S/C15H20Cl2N2/c1-15(2,3)19-14-7-6-13(14)18-9-10-4-5-11(16)8-12(10)17/h4-5,8,14,19H,6-7,9H2,1-3H3. The van der Waals surface area contributed by atoms with E-state index in [9.17, 15) is 0 Å². The average Bonchev–Trinajstić information content (AvgIpc) is 2.27. The van der Waals surface area contributed by atoms with Crippen LogP contribution in [0.3, 0.4) is 0 Å². The van der Waals surface area contributed by atoms with Gasteiger partial charge in [-0.05, 0) is 51.3 Å². The molecule has 2 rings (SSSR count). The molecular formula is C15H20Cl2N2. The summed E-state index contributed by atoms with van der Waals surface area (Å²) in [6.45, 7) is 7.17. The first-order valence-electron chi connectivity index (χ1n) is 6.60. The molecule has 1 unspecified atom stereocenters. The Kier molecular flexibility index (Phi) is 4.54. The molecule has 0 amide bonds. The number of rotatable bonds is 3. The van der Waals surface area contributed by atoms with Crippen LogP contribution in [0.4, 0.5) is 0 Å². The fourth-order valence-corrected chi connectivity index (χ4v) is 2.59. The Morgan fingerprint density at radius 3 is 2.58 bits per heavy atom. The third-order valence-corrected chi connectivity index (χ3v) is 3.75. The van der Waals surface area contributed by atoms with Crippen LogP contribution in [0, 0.1) is 0 Å². The minimum atomic E-state index is 0.129. The van der Waals surface area contributed by atoms with Crippen LogP contribution in [0.5, 0.6) is 0 Å². The normalized spacial score (nSPS) is 21.5. The van der Waals surface area contributed by atoms with E-state index in [2.05, 4.69) is 31.1 Å². The molecule has 0 aromatic heterocycles. The van der Waals surface area contributed by atoms with E-state index in [1.807, 2.05) is 12.1 Å². The second-order valence-electron chi connectivity index (χ2n) is 6.03. The second-order valence-corrected chi connectivity index (χ2v) is 6.87. The molecule has 0 saturated heterocycles. The minimum Gasteiger partial charge on any atom is -0.304 e. The Balaban J connectivity index is 1.99. The summed E-state index contributed by atoms with van der Waals surface area (Å²) in [7, 11) is 0. The molecule has 4 heteroatoms. The van der Waals surface area contributed by atoms with Crippen molar-refractivity contribution in [3.05, 3.63) is 33.8 Å². The molecule has 1 saturated carbocycles. The fraction of sp³-hybridized carbons (Fsp3) is 0.533. The van der Waals surface area contributed by atoms with E-state index in [1.165, 1.54) is 12.1 Å². The molecule has 1 atom stereocenters. The summed E-state index contributed by atoms with van der Waals surface area (Å²) in [5.41, 5.74) is 2.41. The zero-order chi connectivity index (χ0) is 14.0. The lowest BCUT2D eigenvalue weighted by atomic mass is 9.87. The SMILES string of the molecule is CC(C)(C)NC1CCC1=NCc1ccc(Cl)cc1Cl. The summed E-state index contributed by atoms with van der Waals surface area (Å²) in [6, 6.07) is 5.99. The maximum Gasteiger partial charge on any atom is 0.0654 e. The van der Waals surface area contributed by atoms with Gasteiger partial charge in [0.15, 0.2) is 0 Å². The monoisotopic (exact) mass is 298 g/mol. The molecule has 0 aliphatic heterocycles. The van der Waals surface area contributed by atoms with E-state index < -0.39 is 0 Å². The molecule has 104 valence electrons. The van der Waals surface area contributed by atoms with Crippen molar-refractivity contribution in [3.8, 4) is 0 Å². The highest BCUT2D eigenvalue weighted by Crippen LogP contribution is 2.24. The predicted octanol–water partition coefficient (Wildman–Crippen LogP) is 4.48. The van der Waals surface area contributed by atoms with E-state index >= 15 is 0 Å². The Morgan fingerprint density at radius 2 is 2.05 bits per heavy atom. The van der Waals surface area contributed by atoms with Crippen molar-refractivity contribution in [3.63, 3.8) is 0 Å². The maximum absolute atomic E-state index is 6.15. The molecule has 1 fully saturated rings. The van der Waals surface area contributed by atoms with Gasteiger partial charge in [-0.15, -0.1) is 0 Å². The molecule has 0 spiro atoms. The van der Waals surface area contributed by atoms with Gasteiger partial charge in [0, 0.05) is 27.3 Å². The molecule has 2 nitrogen and oxygen atoms in total. The van der Waals surface area contributed by atoms with Gasteiger partial charge < -0.3 is 5.32 Å². The van der Waals surface area contributed by atoms with Gasteiger partial charge >= 0.3 is 0 Å². The van der Waals surface area contributed by atoms with Crippen LogP contribution in [0.15, 0.2) is 23.2 Å². The first kappa shape index (κ1) is 14.8. The Bertz CT molecular complexity index is 489. The highest BCUT2D eigenvalue weighted by atomic mass is 35.5. The lowest BCUT2D eigenvalue weighted by Crippen LogP contribution is -2.52. The average molecular weight is 299 g/mol. The smallest absolute Gasteiger partial charge is 0.0654 e. The van der Waals surface area contributed by atoms with Gasteiger partial charge in [0.05, 0.1) is 6.54 Å². The van der Waals surface area contributed by atoms with E-state index in [0.717, 1.165) is 12.0 Å². The van der Waals surface area contributed by atoms with E-state index in [4.69, 9.17) is 23.2 Å². The highest BCUT2D eigenvalue weighted by Gasteiger charge is 2.28. The fourth-order valence-electron chi connectivity index (χ4n) is 2.12. The van der Waals surface area contributed by atoms with Crippen LogP contribution < -0.4 is 5.32 Å². The zero-order valence-corrected chi connectivity index (χ0v) is 13.1. The van der Waals surface area contributed by atoms with Crippen molar-refractivity contribution < 1.29 is 0 Å². The van der Waals surface area contributed by atoms with E-state index in [-0.39, 0.29) is 5.54 Å². The summed E-state index contributed by atoms with van der Waals surface area (Å²) >= 11 is 12.0. The van der Waals surface area contributed by atoms with Gasteiger partial charge in [0.25, 0.3) is 0 Å². The molecular weight excluding hydrogens is 279 g/mol. The van der Waals surface area contributed by atoms with Gasteiger partial charge in [0.1, 0.15) is 0 Å². The van der Waals surface area contributed by atoms with Crippen molar-refractivity contribution in [1.82, 2.24) is 5.32 Å². The lowest BCUT2D eigenvalue weighted by molar-refractivity contribution is 0.370. The number of halogens is 2. The summed E-state index contributed by atoms with van der Waals surface area (Å²) in [5, 5.41) is 4.94. The van der Waals surface area contributed by atoms with Crippen molar-refractivity contribution in [2.45, 2.75) is 51.7 Å². The Hall–Kier alpha value is -0.570. The van der Waals surface area contributed by atoms with E-state index in [1.54, 1.807) is 6.07 Å². The summed E-state index contributed by atoms with van der Waals surface area (Å²) < 4.78 is 0. The molecule has 19 heavy (non-hydrogen) atoms. The van der Waals surface area contributed by atoms with Gasteiger partial charge in [-0.1, -0.05) is 29.3 Å². The van der Waals surface area contributed by atoms with Crippen molar-refractivity contribution >= 4 is 28.9 Å². The molecule has 1 aliphatic carbocycles. The molecule has 0 radical (unpaired) electrons. The molecule has 0 bridgehead atoms. The van der Waals surface area contributed by atoms with Crippen LogP contribution in [0.1, 0.15) is 39.2 Å². The van der Waals surface area contributed by atoms with Crippen molar-refractivity contribution in [2.75, 3.05) is 0 Å². The topological polar surface area (TPSA) is 24.4 Å².